The van der Waals surface area contributed by atoms with Crippen molar-refractivity contribution in [2.45, 2.75) is 71.4 Å². The molecular weight excluding hydrogens is 151 g/mol. The smallest absolute Gasteiger partial charge is 0.108 e. The molecule has 0 rings (SSSR count). The fourth-order valence-electron chi connectivity index (χ4n) is 1.57. The van der Waals surface area contributed by atoms with E-state index in [0.29, 0.717) is 0 Å². The first-order valence-electron chi connectivity index (χ1n) is 5.31. The normalized spacial score (nSPS) is 16.0. The van der Waals surface area contributed by atoms with Gasteiger partial charge in [-0.2, -0.15) is 0 Å². The standard InChI is InChI=1S/C11H23F/c1-4-6-7-8-10-11(3,12)9-5-2/h4-10H2,1-3H3. The maximum absolute atomic E-state index is 13.5. The summed E-state index contributed by atoms with van der Waals surface area (Å²) in [5, 5.41) is 0. The van der Waals surface area contributed by atoms with E-state index < -0.39 is 5.67 Å². The van der Waals surface area contributed by atoms with Crippen LogP contribution in [0.4, 0.5) is 4.39 Å². The van der Waals surface area contributed by atoms with Crippen molar-refractivity contribution in [3.8, 4) is 0 Å². The molecule has 0 aromatic carbocycles. The Morgan fingerprint density at radius 3 is 2.08 bits per heavy atom. The van der Waals surface area contributed by atoms with Gasteiger partial charge in [0, 0.05) is 0 Å². The van der Waals surface area contributed by atoms with Crippen LogP contribution in [0.15, 0.2) is 0 Å². The Balaban J connectivity index is 3.33. The summed E-state index contributed by atoms with van der Waals surface area (Å²) in [6.45, 7) is 5.97. The molecule has 0 radical (unpaired) electrons. The molecule has 0 aliphatic heterocycles. The summed E-state index contributed by atoms with van der Waals surface area (Å²) in [5.74, 6) is 0. The van der Waals surface area contributed by atoms with E-state index >= 15 is 0 Å². The third-order valence-corrected chi connectivity index (χ3v) is 2.32. The molecule has 0 heterocycles. The predicted molar refractivity (Wildman–Crippen MR) is 53.2 cm³/mol. The first-order chi connectivity index (χ1) is 5.62. The highest BCUT2D eigenvalue weighted by Gasteiger charge is 2.20. The number of hydrogen-bond donors (Lipinski definition) is 0. The van der Waals surface area contributed by atoms with Crippen LogP contribution in [0.5, 0.6) is 0 Å². The molecular formula is C11H23F. The van der Waals surface area contributed by atoms with Crippen molar-refractivity contribution in [3.05, 3.63) is 0 Å². The molecule has 0 bridgehead atoms. The van der Waals surface area contributed by atoms with E-state index in [4.69, 9.17) is 0 Å². The summed E-state index contributed by atoms with van der Waals surface area (Å²) in [4.78, 5) is 0. The zero-order valence-corrected chi connectivity index (χ0v) is 8.83. The molecule has 12 heavy (non-hydrogen) atoms. The Kier molecular flexibility index (Phi) is 6.41. The van der Waals surface area contributed by atoms with Gasteiger partial charge in [-0.3, -0.25) is 0 Å². The first-order valence-corrected chi connectivity index (χ1v) is 5.31. The molecule has 1 atom stereocenters. The van der Waals surface area contributed by atoms with Crippen LogP contribution in [0, 0.1) is 0 Å². The van der Waals surface area contributed by atoms with Crippen LogP contribution in [0.2, 0.25) is 0 Å². The van der Waals surface area contributed by atoms with Gasteiger partial charge in [0.25, 0.3) is 0 Å². The van der Waals surface area contributed by atoms with Crippen LogP contribution in [-0.2, 0) is 0 Å². The predicted octanol–water partition coefficient (Wildman–Crippen LogP) is 4.49. The van der Waals surface area contributed by atoms with E-state index in [1.54, 1.807) is 6.92 Å². The van der Waals surface area contributed by atoms with Gasteiger partial charge in [-0.05, 0) is 19.8 Å². The van der Waals surface area contributed by atoms with Gasteiger partial charge in [-0.1, -0.05) is 46.0 Å². The highest BCUT2D eigenvalue weighted by molar-refractivity contribution is 4.71. The van der Waals surface area contributed by atoms with Crippen molar-refractivity contribution in [1.29, 1.82) is 0 Å². The van der Waals surface area contributed by atoms with Crippen LogP contribution < -0.4 is 0 Å². The van der Waals surface area contributed by atoms with E-state index in [0.717, 1.165) is 25.7 Å². The number of rotatable bonds is 7. The summed E-state index contributed by atoms with van der Waals surface area (Å²) in [6, 6.07) is 0. The average molecular weight is 174 g/mol. The minimum absolute atomic E-state index is 0.721. The summed E-state index contributed by atoms with van der Waals surface area (Å²) < 4.78 is 13.5. The van der Waals surface area contributed by atoms with Crippen molar-refractivity contribution in [2.24, 2.45) is 0 Å². The van der Waals surface area contributed by atoms with Gasteiger partial charge in [-0.25, -0.2) is 4.39 Å². The maximum Gasteiger partial charge on any atom is 0.108 e. The number of unbranched alkanes of at least 4 members (excludes halogenated alkanes) is 3. The van der Waals surface area contributed by atoms with Gasteiger partial charge >= 0.3 is 0 Å². The van der Waals surface area contributed by atoms with Gasteiger partial charge in [0.2, 0.25) is 0 Å². The lowest BCUT2D eigenvalue weighted by atomic mass is 9.95. The second-order valence-electron chi connectivity index (χ2n) is 3.97. The topological polar surface area (TPSA) is 0 Å². The molecule has 0 aliphatic rings. The Bertz CT molecular complexity index is 97.2. The second kappa shape index (κ2) is 6.45. The number of halogens is 1. The average Bonchev–Trinajstić information content (AvgIpc) is 1.98. The first kappa shape index (κ1) is 11.9. The molecule has 1 unspecified atom stereocenters. The van der Waals surface area contributed by atoms with Crippen molar-refractivity contribution < 1.29 is 4.39 Å². The van der Waals surface area contributed by atoms with Crippen molar-refractivity contribution in [3.63, 3.8) is 0 Å². The van der Waals surface area contributed by atoms with Gasteiger partial charge in [0.15, 0.2) is 0 Å². The third-order valence-electron chi connectivity index (χ3n) is 2.32. The van der Waals surface area contributed by atoms with Crippen LogP contribution >= 0.6 is 0 Å². The fraction of sp³-hybridized carbons (Fsp3) is 1.00. The molecule has 1 heteroatoms. The Labute approximate surface area is 76.6 Å². The molecule has 0 amide bonds. The summed E-state index contributed by atoms with van der Waals surface area (Å²) in [6.07, 6.45) is 7.17. The largest absolute Gasteiger partial charge is 0.244 e. The Morgan fingerprint density at radius 1 is 0.917 bits per heavy atom. The quantitative estimate of drug-likeness (QED) is 0.499. The highest BCUT2D eigenvalue weighted by Crippen LogP contribution is 2.24. The van der Waals surface area contributed by atoms with Crippen molar-refractivity contribution in [1.82, 2.24) is 0 Å². The van der Waals surface area contributed by atoms with Crippen LogP contribution in [-0.4, -0.2) is 5.67 Å². The van der Waals surface area contributed by atoms with E-state index in [1.807, 2.05) is 6.92 Å². The van der Waals surface area contributed by atoms with Crippen molar-refractivity contribution >= 4 is 0 Å². The molecule has 0 spiro atoms. The number of alkyl halides is 1. The minimum atomic E-state index is -0.900. The highest BCUT2D eigenvalue weighted by atomic mass is 19.1. The Morgan fingerprint density at radius 2 is 1.58 bits per heavy atom. The van der Waals surface area contributed by atoms with E-state index in [-0.39, 0.29) is 0 Å². The van der Waals surface area contributed by atoms with Crippen molar-refractivity contribution in [2.75, 3.05) is 0 Å². The van der Waals surface area contributed by atoms with E-state index in [1.165, 1.54) is 19.3 Å². The zero-order valence-electron chi connectivity index (χ0n) is 8.83. The molecule has 0 aromatic rings. The molecule has 0 fully saturated rings. The molecule has 0 aliphatic carbocycles. The lowest BCUT2D eigenvalue weighted by molar-refractivity contribution is 0.155. The lowest BCUT2D eigenvalue weighted by Gasteiger charge is -2.18. The van der Waals surface area contributed by atoms with Gasteiger partial charge in [-0.15, -0.1) is 0 Å². The van der Waals surface area contributed by atoms with Gasteiger partial charge in [0.1, 0.15) is 5.67 Å². The SMILES string of the molecule is CCCCCCC(C)(F)CCC. The molecule has 74 valence electrons. The lowest BCUT2D eigenvalue weighted by Crippen LogP contribution is -2.16. The molecule has 0 saturated carbocycles. The van der Waals surface area contributed by atoms with Gasteiger partial charge < -0.3 is 0 Å². The molecule has 0 nitrogen and oxygen atoms in total. The van der Waals surface area contributed by atoms with Crippen LogP contribution in [0.25, 0.3) is 0 Å². The summed E-state index contributed by atoms with van der Waals surface area (Å²) >= 11 is 0. The summed E-state index contributed by atoms with van der Waals surface area (Å²) in [5.41, 5.74) is -0.900. The van der Waals surface area contributed by atoms with E-state index in [2.05, 4.69) is 6.92 Å². The second-order valence-corrected chi connectivity index (χ2v) is 3.97. The monoisotopic (exact) mass is 174 g/mol. The maximum atomic E-state index is 13.5. The third kappa shape index (κ3) is 6.63. The Hall–Kier alpha value is -0.0700. The molecule has 0 N–H and O–H groups in total. The minimum Gasteiger partial charge on any atom is -0.244 e. The fourth-order valence-corrected chi connectivity index (χ4v) is 1.57. The summed E-state index contributed by atoms with van der Waals surface area (Å²) in [7, 11) is 0. The molecule has 0 aromatic heterocycles. The zero-order chi connectivity index (χ0) is 9.45. The van der Waals surface area contributed by atoms with Crippen LogP contribution in [0.1, 0.15) is 65.7 Å². The van der Waals surface area contributed by atoms with E-state index in [9.17, 15) is 4.39 Å². The number of hydrogen-bond acceptors (Lipinski definition) is 0. The van der Waals surface area contributed by atoms with Gasteiger partial charge in [0.05, 0.1) is 0 Å². The van der Waals surface area contributed by atoms with Crippen LogP contribution in [0.3, 0.4) is 0 Å². The molecule has 0 saturated heterocycles.